The molecular formula is C16H18ClFN2. The predicted octanol–water partition coefficient (Wildman–Crippen LogP) is 4.14. The average Bonchev–Trinajstić information content (AvgIpc) is 2.40. The van der Waals surface area contributed by atoms with Gasteiger partial charge in [0, 0.05) is 29.5 Å². The number of nitrogens with two attached hydrogens (primary N) is 1. The van der Waals surface area contributed by atoms with E-state index in [2.05, 4.69) is 0 Å². The Morgan fingerprint density at radius 2 is 1.95 bits per heavy atom. The standard InChI is InChI=1S/C16H18ClFN2/c1-11(19)9-14-15(17)7-4-8-16(14)20(2)13-6-3-5-12(18)10-13/h3-8,10-11H,9,19H2,1-2H3. The van der Waals surface area contributed by atoms with Crippen molar-refractivity contribution in [2.75, 3.05) is 11.9 Å². The number of benzene rings is 2. The van der Waals surface area contributed by atoms with Crippen LogP contribution in [-0.2, 0) is 6.42 Å². The molecule has 0 spiro atoms. The summed E-state index contributed by atoms with van der Waals surface area (Å²) in [6, 6.07) is 12.2. The quantitative estimate of drug-likeness (QED) is 0.918. The van der Waals surface area contributed by atoms with Crippen LogP contribution in [0.3, 0.4) is 0 Å². The minimum absolute atomic E-state index is 0.00885. The number of rotatable bonds is 4. The van der Waals surface area contributed by atoms with Crippen LogP contribution in [0, 0.1) is 5.82 Å². The highest BCUT2D eigenvalue weighted by molar-refractivity contribution is 6.31. The zero-order valence-corrected chi connectivity index (χ0v) is 12.4. The van der Waals surface area contributed by atoms with E-state index in [1.165, 1.54) is 12.1 Å². The van der Waals surface area contributed by atoms with E-state index in [1.807, 2.05) is 43.1 Å². The fourth-order valence-electron chi connectivity index (χ4n) is 2.21. The molecule has 2 aromatic rings. The third-order valence-corrected chi connectivity index (χ3v) is 3.53. The second-order valence-electron chi connectivity index (χ2n) is 4.96. The van der Waals surface area contributed by atoms with Crippen molar-refractivity contribution in [3.63, 3.8) is 0 Å². The van der Waals surface area contributed by atoms with Crippen LogP contribution >= 0.6 is 11.6 Å². The lowest BCUT2D eigenvalue weighted by atomic mass is 10.0. The normalized spacial score (nSPS) is 12.2. The van der Waals surface area contributed by atoms with Gasteiger partial charge in [-0.15, -0.1) is 0 Å². The first-order valence-electron chi connectivity index (χ1n) is 6.51. The van der Waals surface area contributed by atoms with Crippen molar-refractivity contribution in [3.05, 3.63) is 58.9 Å². The number of hydrogen-bond acceptors (Lipinski definition) is 2. The van der Waals surface area contributed by atoms with Gasteiger partial charge >= 0.3 is 0 Å². The lowest BCUT2D eigenvalue weighted by Crippen LogP contribution is -2.20. The van der Waals surface area contributed by atoms with Crippen LogP contribution in [0.25, 0.3) is 0 Å². The SMILES string of the molecule is CC(N)Cc1c(Cl)cccc1N(C)c1cccc(F)c1. The number of hydrogen-bond donors (Lipinski definition) is 1. The Labute approximate surface area is 124 Å². The molecule has 0 aliphatic rings. The van der Waals surface area contributed by atoms with E-state index in [-0.39, 0.29) is 11.9 Å². The lowest BCUT2D eigenvalue weighted by Gasteiger charge is -2.24. The van der Waals surface area contributed by atoms with E-state index >= 15 is 0 Å². The Balaban J connectivity index is 2.44. The molecule has 4 heteroatoms. The molecule has 0 saturated heterocycles. The molecule has 0 aliphatic heterocycles. The highest BCUT2D eigenvalue weighted by atomic mass is 35.5. The van der Waals surface area contributed by atoms with Crippen LogP contribution in [0.4, 0.5) is 15.8 Å². The Morgan fingerprint density at radius 3 is 2.60 bits per heavy atom. The number of nitrogens with zero attached hydrogens (tertiary/aromatic N) is 1. The summed E-state index contributed by atoms with van der Waals surface area (Å²) in [5.41, 5.74) is 8.59. The van der Waals surface area contributed by atoms with E-state index in [9.17, 15) is 4.39 Å². The summed E-state index contributed by atoms with van der Waals surface area (Å²) < 4.78 is 13.4. The fourth-order valence-corrected chi connectivity index (χ4v) is 2.46. The van der Waals surface area contributed by atoms with Crippen molar-refractivity contribution < 1.29 is 4.39 Å². The van der Waals surface area contributed by atoms with E-state index < -0.39 is 0 Å². The number of halogens is 2. The molecule has 0 aromatic heterocycles. The summed E-state index contributed by atoms with van der Waals surface area (Å²) in [5, 5.41) is 0.683. The summed E-state index contributed by atoms with van der Waals surface area (Å²) in [7, 11) is 1.89. The monoisotopic (exact) mass is 292 g/mol. The highest BCUT2D eigenvalue weighted by Gasteiger charge is 2.14. The van der Waals surface area contributed by atoms with Gasteiger partial charge in [0.25, 0.3) is 0 Å². The van der Waals surface area contributed by atoms with Crippen molar-refractivity contribution in [2.24, 2.45) is 5.73 Å². The van der Waals surface area contributed by atoms with Gasteiger partial charge in [-0.2, -0.15) is 0 Å². The molecule has 0 bridgehead atoms. The average molecular weight is 293 g/mol. The first-order valence-corrected chi connectivity index (χ1v) is 6.89. The molecule has 0 amide bonds. The molecule has 0 aliphatic carbocycles. The van der Waals surface area contributed by atoms with Crippen molar-refractivity contribution in [1.82, 2.24) is 0 Å². The zero-order valence-electron chi connectivity index (χ0n) is 11.6. The molecule has 1 atom stereocenters. The minimum atomic E-state index is -0.259. The molecule has 2 rings (SSSR count). The van der Waals surface area contributed by atoms with Crippen molar-refractivity contribution >= 4 is 23.0 Å². The number of anilines is 2. The maximum absolute atomic E-state index is 13.4. The van der Waals surface area contributed by atoms with Gasteiger partial charge in [-0.1, -0.05) is 23.7 Å². The Kier molecular flexibility index (Phi) is 4.63. The second kappa shape index (κ2) is 6.25. The predicted molar refractivity (Wildman–Crippen MR) is 83.3 cm³/mol. The largest absolute Gasteiger partial charge is 0.344 e. The molecule has 0 saturated carbocycles. The summed E-state index contributed by atoms with van der Waals surface area (Å²) >= 11 is 6.28. The Morgan fingerprint density at radius 1 is 1.25 bits per heavy atom. The molecule has 2 N–H and O–H groups in total. The first kappa shape index (κ1) is 14.8. The van der Waals surface area contributed by atoms with Crippen LogP contribution < -0.4 is 10.6 Å². The summed E-state index contributed by atoms with van der Waals surface area (Å²) in [6.45, 7) is 1.94. The van der Waals surface area contributed by atoms with Crippen molar-refractivity contribution in [2.45, 2.75) is 19.4 Å². The van der Waals surface area contributed by atoms with Gasteiger partial charge in [0.1, 0.15) is 5.82 Å². The third kappa shape index (κ3) is 3.30. The van der Waals surface area contributed by atoms with Crippen LogP contribution in [0.1, 0.15) is 12.5 Å². The maximum atomic E-state index is 13.4. The molecule has 2 aromatic carbocycles. The molecule has 0 radical (unpaired) electrons. The van der Waals surface area contributed by atoms with Gasteiger partial charge < -0.3 is 10.6 Å². The van der Waals surface area contributed by atoms with Crippen molar-refractivity contribution in [3.8, 4) is 0 Å². The fraction of sp³-hybridized carbons (Fsp3) is 0.250. The summed E-state index contributed by atoms with van der Waals surface area (Å²) in [6.07, 6.45) is 0.675. The maximum Gasteiger partial charge on any atom is 0.125 e. The highest BCUT2D eigenvalue weighted by Crippen LogP contribution is 2.32. The van der Waals surface area contributed by atoms with Crippen LogP contribution in [0.15, 0.2) is 42.5 Å². The van der Waals surface area contributed by atoms with Gasteiger partial charge in [-0.3, -0.25) is 0 Å². The Hall–Kier alpha value is -1.58. The van der Waals surface area contributed by atoms with Crippen LogP contribution in [0.5, 0.6) is 0 Å². The molecule has 1 unspecified atom stereocenters. The Bertz CT molecular complexity index is 599. The zero-order chi connectivity index (χ0) is 14.7. The molecule has 106 valence electrons. The third-order valence-electron chi connectivity index (χ3n) is 3.18. The van der Waals surface area contributed by atoms with E-state index in [4.69, 9.17) is 17.3 Å². The molecule has 0 fully saturated rings. The molecule has 20 heavy (non-hydrogen) atoms. The minimum Gasteiger partial charge on any atom is -0.344 e. The van der Waals surface area contributed by atoms with Crippen LogP contribution in [-0.4, -0.2) is 13.1 Å². The second-order valence-corrected chi connectivity index (χ2v) is 5.37. The van der Waals surface area contributed by atoms with Gasteiger partial charge in [0.2, 0.25) is 0 Å². The van der Waals surface area contributed by atoms with E-state index in [1.54, 1.807) is 6.07 Å². The van der Waals surface area contributed by atoms with Gasteiger partial charge in [-0.25, -0.2) is 4.39 Å². The van der Waals surface area contributed by atoms with E-state index in [0.29, 0.717) is 11.4 Å². The van der Waals surface area contributed by atoms with Crippen LogP contribution in [0.2, 0.25) is 5.02 Å². The first-order chi connectivity index (χ1) is 9.49. The smallest absolute Gasteiger partial charge is 0.125 e. The lowest BCUT2D eigenvalue weighted by molar-refractivity contribution is 0.628. The summed E-state index contributed by atoms with van der Waals surface area (Å²) in [5.74, 6) is -0.259. The van der Waals surface area contributed by atoms with Gasteiger partial charge in [0.05, 0.1) is 0 Å². The molecule has 2 nitrogen and oxygen atoms in total. The topological polar surface area (TPSA) is 29.3 Å². The van der Waals surface area contributed by atoms with E-state index in [0.717, 1.165) is 16.9 Å². The van der Waals surface area contributed by atoms with Gasteiger partial charge in [-0.05, 0) is 49.2 Å². The van der Waals surface area contributed by atoms with Crippen molar-refractivity contribution in [1.29, 1.82) is 0 Å². The summed E-state index contributed by atoms with van der Waals surface area (Å²) in [4.78, 5) is 1.92. The molecular weight excluding hydrogens is 275 g/mol. The molecule has 0 heterocycles. The van der Waals surface area contributed by atoms with Gasteiger partial charge in [0.15, 0.2) is 0 Å².